The van der Waals surface area contributed by atoms with Crippen LogP contribution < -0.4 is 10.2 Å². The van der Waals surface area contributed by atoms with Crippen molar-refractivity contribution in [2.24, 2.45) is 0 Å². The number of piperidine rings is 1. The summed E-state index contributed by atoms with van der Waals surface area (Å²) in [5, 5.41) is 3.15. The molecule has 164 valence electrons. The van der Waals surface area contributed by atoms with E-state index in [0.717, 1.165) is 36.9 Å². The van der Waals surface area contributed by atoms with E-state index in [-0.39, 0.29) is 36.1 Å². The minimum absolute atomic E-state index is 0.00827. The number of benzene rings is 2. The van der Waals surface area contributed by atoms with Gasteiger partial charge in [-0.1, -0.05) is 30.3 Å². The number of carbonyl (C=O) groups is 2. The molecule has 0 saturated carbocycles. The van der Waals surface area contributed by atoms with Crippen molar-refractivity contribution in [2.45, 2.75) is 51.6 Å². The molecule has 2 unspecified atom stereocenters. The Kier molecular flexibility index (Phi) is 6.25. The van der Waals surface area contributed by atoms with E-state index in [1.165, 1.54) is 11.6 Å². The van der Waals surface area contributed by atoms with Crippen LogP contribution in [-0.4, -0.2) is 42.4 Å². The largest absolute Gasteiger partial charge is 0.367 e. The van der Waals surface area contributed by atoms with Crippen molar-refractivity contribution in [1.82, 2.24) is 10.2 Å². The number of nitrogens with one attached hydrogen (secondary N) is 1. The Morgan fingerprint density at radius 3 is 2.77 bits per heavy atom. The number of fused-ring (bicyclic) bond motifs is 1. The third kappa shape index (κ3) is 4.73. The van der Waals surface area contributed by atoms with Crippen LogP contribution in [0.2, 0.25) is 0 Å². The fraction of sp³-hybridized carbons (Fsp3) is 0.440. The van der Waals surface area contributed by atoms with Crippen LogP contribution >= 0.6 is 0 Å². The summed E-state index contributed by atoms with van der Waals surface area (Å²) >= 11 is 0. The Hall–Kier alpha value is -2.89. The highest BCUT2D eigenvalue weighted by molar-refractivity contribution is 5.80. The maximum Gasteiger partial charge on any atom is 0.222 e. The first-order valence-corrected chi connectivity index (χ1v) is 11.1. The normalized spacial score (nSPS) is 20.9. The maximum absolute atomic E-state index is 14.3. The molecule has 1 saturated heterocycles. The predicted octanol–water partition coefficient (Wildman–Crippen LogP) is 3.76. The average Bonchev–Trinajstić information content (AvgIpc) is 2.75. The summed E-state index contributed by atoms with van der Waals surface area (Å²) in [5.74, 6) is -0.302. The zero-order valence-corrected chi connectivity index (χ0v) is 18.2. The first kappa shape index (κ1) is 21.3. The molecule has 2 aliphatic rings. The van der Waals surface area contributed by atoms with Crippen LogP contribution in [-0.2, 0) is 16.0 Å². The lowest BCUT2D eigenvalue weighted by atomic mass is 9.90. The molecule has 0 spiro atoms. The van der Waals surface area contributed by atoms with Gasteiger partial charge in [0.2, 0.25) is 11.8 Å². The molecule has 2 heterocycles. The van der Waals surface area contributed by atoms with E-state index in [2.05, 4.69) is 11.4 Å². The number of carbonyl (C=O) groups excluding carboxylic acids is 2. The summed E-state index contributed by atoms with van der Waals surface area (Å²) in [6.07, 6.45) is 2.82. The van der Waals surface area contributed by atoms with Gasteiger partial charge in [-0.05, 0) is 55.0 Å². The minimum Gasteiger partial charge on any atom is -0.367 e. The second-order valence-electron chi connectivity index (χ2n) is 8.69. The molecule has 31 heavy (non-hydrogen) atoms. The van der Waals surface area contributed by atoms with Crippen LogP contribution in [0.15, 0.2) is 42.5 Å². The molecule has 0 bridgehead atoms. The molecule has 0 aromatic heterocycles. The molecular formula is C25H30FN3O2. The third-order valence-corrected chi connectivity index (χ3v) is 6.42. The number of anilines is 1. The standard InChI is InChI=1S/C25H30FN3O2/c1-17-9-10-22(26)24(14-17)28-12-5-7-20(16-28)27-25(31)15-23-21-8-4-3-6-19(21)11-13-29(23)18(2)30/h3-4,6,8-10,14,20,23H,5,7,11-13,15-16H2,1-2H3,(H,27,31). The molecule has 2 aliphatic heterocycles. The molecular weight excluding hydrogens is 393 g/mol. The number of amides is 2. The number of hydrogen-bond donors (Lipinski definition) is 1. The zero-order chi connectivity index (χ0) is 22.0. The summed E-state index contributed by atoms with van der Waals surface area (Å²) in [4.78, 5) is 29.0. The van der Waals surface area contributed by atoms with Crippen molar-refractivity contribution in [2.75, 3.05) is 24.5 Å². The van der Waals surface area contributed by atoms with Gasteiger partial charge in [-0.15, -0.1) is 0 Å². The van der Waals surface area contributed by atoms with Crippen LogP contribution in [0.1, 0.15) is 48.9 Å². The van der Waals surface area contributed by atoms with Gasteiger partial charge in [0, 0.05) is 32.6 Å². The molecule has 5 nitrogen and oxygen atoms in total. The van der Waals surface area contributed by atoms with E-state index in [0.29, 0.717) is 18.8 Å². The Labute approximate surface area is 183 Å². The minimum atomic E-state index is -0.239. The molecule has 2 amide bonds. The lowest BCUT2D eigenvalue weighted by Gasteiger charge is -2.38. The van der Waals surface area contributed by atoms with Gasteiger partial charge < -0.3 is 15.1 Å². The number of nitrogens with zero attached hydrogens (tertiary/aromatic N) is 2. The van der Waals surface area contributed by atoms with Crippen molar-refractivity contribution in [3.63, 3.8) is 0 Å². The van der Waals surface area contributed by atoms with E-state index < -0.39 is 0 Å². The number of halogens is 1. The van der Waals surface area contributed by atoms with Crippen LogP contribution in [0, 0.1) is 12.7 Å². The molecule has 0 aliphatic carbocycles. The quantitative estimate of drug-likeness (QED) is 0.815. The summed E-state index contributed by atoms with van der Waals surface area (Å²) in [5.41, 5.74) is 3.88. The molecule has 1 N–H and O–H groups in total. The SMILES string of the molecule is CC(=O)N1CCc2ccccc2C1CC(=O)NC1CCCN(c2cc(C)ccc2F)C1. The Morgan fingerprint density at radius 2 is 1.97 bits per heavy atom. The van der Waals surface area contributed by atoms with E-state index in [4.69, 9.17) is 0 Å². The molecule has 0 radical (unpaired) electrons. The highest BCUT2D eigenvalue weighted by Gasteiger charge is 2.31. The van der Waals surface area contributed by atoms with Gasteiger partial charge in [0.1, 0.15) is 5.82 Å². The van der Waals surface area contributed by atoms with Crippen LogP contribution in [0.25, 0.3) is 0 Å². The molecule has 2 aromatic rings. The fourth-order valence-electron chi connectivity index (χ4n) is 4.89. The van der Waals surface area contributed by atoms with Crippen molar-refractivity contribution in [3.8, 4) is 0 Å². The predicted molar refractivity (Wildman–Crippen MR) is 119 cm³/mol. The number of hydrogen-bond acceptors (Lipinski definition) is 3. The van der Waals surface area contributed by atoms with Crippen molar-refractivity contribution < 1.29 is 14.0 Å². The lowest BCUT2D eigenvalue weighted by Crippen LogP contribution is -2.49. The van der Waals surface area contributed by atoms with Gasteiger partial charge >= 0.3 is 0 Å². The fourth-order valence-corrected chi connectivity index (χ4v) is 4.89. The Bertz CT molecular complexity index is 977. The molecule has 2 atom stereocenters. The van der Waals surface area contributed by atoms with E-state index in [1.54, 1.807) is 17.9 Å². The summed E-state index contributed by atoms with van der Waals surface area (Å²) in [6, 6.07) is 12.9. The Balaban J connectivity index is 1.44. The number of aryl methyl sites for hydroxylation is 1. The second-order valence-corrected chi connectivity index (χ2v) is 8.69. The monoisotopic (exact) mass is 423 g/mol. The maximum atomic E-state index is 14.3. The third-order valence-electron chi connectivity index (χ3n) is 6.42. The van der Waals surface area contributed by atoms with E-state index >= 15 is 0 Å². The van der Waals surface area contributed by atoms with Gasteiger partial charge in [-0.2, -0.15) is 0 Å². The molecule has 6 heteroatoms. The average molecular weight is 424 g/mol. The summed E-state index contributed by atoms with van der Waals surface area (Å²) in [7, 11) is 0. The molecule has 1 fully saturated rings. The number of rotatable bonds is 4. The molecule has 2 aromatic carbocycles. The van der Waals surface area contributed by atoms with Crippen LogP contribution in [0.5, 0.6) is 0 Å². The smallest absolute Gasteiger partial charge is 0.222 e. The van der Waals surface area contributed by atoms with Gasteiger partial charge in [0.15, 0.2) is 0 Å². The summed E-state index contributed by atoms with van der Waals surface area (Å²) in [6.45, 7) is 5.52. The first-order valence-electron chi connectivity index (χ1n) is 11.1. The van der Waals surface area contributed by atoms with Gasteiger partial charge in [0.05, 0.1) is 18.2 Å². The van der Waals surface area contributed by atoms with Crippen molar-refractivity contribution >= 4 is 17.5 Å². The van der Waals surface area contributed by atoms with E-state index in [9.17, 15) is 14.0 Å². The van der Waals surface area contributed by atoms with Gasteiger partial charge in [0.25, 0.3) is 0 Å². The van der Waals surface area contributed by atoms with Crippen LogP contribution in [0.4, 0.5) is 10.1 Å². The van der Waals surface area contributed by atoms with E-state index in [1.807, 2.05) is 36.1 Å². The summed E-state index contributed by atoms with van der Waals surface area (Å²) < 4.78 is 14.3. The van der Waals surface area contributed by atoms with Gasteiger partial charge in [-0.3, -0.25) is 9.59 Å². The Morgan fingerprint density at radius 1 is 1.16 bits per heavy atom. The van der Waals surface area contributed by atoms with Crippen LogP contribution in [0.3, 0.4) is 0 Å². The highest BCUT2D eigenvalue weighted by Crippen LogP contribution is 2.32. The highest BCUT2D eigenvalue weighted by atomic mass is 19.1. The van der Waals surface area contributed by atoms with Gasteiger partial charge in [-0.25, -0.2) is 4.39 Å². The molecule has 4 rings (SSSR count). The topological polar surface area (TPSA) is 52.7 Å². The van der Waals surface area contributed by atoms with Crippen molar-refractivity contribution in [1.29, 1.82) is 0 Å². The first-order chi connectivity index (χ1) is 14.9. The zero-order valence-electron chi connectivity index (χ0n) is 18.2. The second kappa shape index (κ2) is 9.08. The van der Waals surface area contributed by atoms with Crippen molar-refractivity contribution in [3.05, 3.63) is 65.0 Å². The lowest BCUT2D eigenvalue weighted by molar-refractivity contribution is -0.133.